The Bertz CT molecular complexity index is 653. The number of carboxylic acid groups (broad SMARTS) is 1. The van der Waals surface area contributed by atoms with Crippen LogP contribution >= 0.6 is 0 Å². The maximum absolute atomic E-state index is 11.6. The van der Waals surface area contributed by atoms with Crippen molar-refractivity contribution in [3.8, 4) is 0 Å². The van der Waals surface area contributed by atoms with Gasteiger partial charge in [0.05, 0.1) is 6.54 Å². The van der Waals surface area contributed by atoms with Crippen molar-refractivity contribution in [2.75, 3.05) is 0 Å². The predicted octanol–water partition coefficient (Wildman–Crippen LogP) is 1.31. The Labute approximate surface area is 123 Å². The SMILES string of the molecule is CCn1ncnc1CN1Cc2ccccc2C[C@H]1C(=O)O. The van der Waals surface area contributed by atoms with Gasteiger partial charge in [0.1, 0.15) is 18.2 Å². The molecule has 0 saturated heterocycles. The zero-order valence-electron chi connectivity index (χ0n) is 11.9. The molecule has 1 N–H and O–H groups in total. The lowest BCUT2D eigenvalue weighted by Crippen LogP contribution is -2.45. The fourth-order valence-electron chi connectivity index (χ4n) is 2.84. The van der Waals surface area contributed by atoms with Crippen LogP contribution in [-0.4, -0.2) is 36.8 Å². The van der Waals surface area contributed by atoms with Gasteiger partial charge in [0.15, 0.2) is 0 Å². The summed E-state index contributed by atoms with van der Waals surface area (Å²) in [6.45, 7) is 3.86. The second-order valence-electron chi connectivity index (χ2n) is 5.22. The molecule has 2 heterocycles. The van der Waals surface area contributed by atoms with Crippen molar-refractivity contribution < 1.29 is 9.90 Å². The molecule has 1 aliphatic rings. The van der Waals surface area contributed by atoms with Gasteiger partial charge in [0.2, 0.25) is 0 Å². The van der Waals surface area contributed by atoms with Gasteiger partial charge in [-0.05, 0) is 24.5 Å². The zero-order chi connectivity index (χ0) is 14.8. The summed E-state index contributed by atoms with van der Waals surface area (Å²) in [5, 5.41) is 13.7. The van der Waals surface area contributed by atoms with E-state index in [4.69, 9.17) is 0 Å². The van der Waals surface area contributed by atoms with Crippen molar-refractivity contribution in [1.82, 2.24) is 19.7 Å². The molecule has 6 heteroatoms. The molecule has 1 aromatic heterocycles. The molecule has 0 saturated carbocycles. The van der Waals surface area contributed by atoms with E-state index in [2.05, 4.69) is 16.1 Å². The largest absolute Gasteiger partial charge is 0.480 e. The second kappa shape index (κ2) is 5.65. The van der Waals surface area contributed by atoms with Gasteiger partial charge in [0, 0.05) is 13.1 Å². The van der Waals surface area contributed by atoms with E-state index >= 15 is 0 Å². The van der Waals surface area contributed by atoms with E-state index in [0.29, 0.717) is 19.5 Å². The van der Waals surface area contributed by atoms with Crippen molar-refractivity contribution >= 4 is 5.97 Å². The van der Waals surface area contributed by atoms with E-state index in [1.807, 2.05) is 30.0 Å². The van der Waals surface area contributed by atoms with Crippen molar-refractivity contribution in [2.24, 2.45) is 0 Å². The van der Waals surface area contributed by atoms with Crippen LogP contribution in [0.15, 0.2) is 30.6 Å². The minimum absolute atomic E-state index is 0.499. The molecule has 1 atom stereocenters. The van der Waals surface area contributed by atoms with Crippen LogP contribution in [0.25, 0.3) is 0 Å². The third kappa shape index (κ3) is 2.67. The number of aromatic nitrogens is 3. The fraction of sp³-hybridized carbons (Fsp3) is 0.400. The number of carbonyl (C=O) groups is 1. The minimum atomic E-state index is -0.785. The molecule has 0 radical (unpaired) electrons. The molecule has 6 nitrogen and oxygen atoms in total. The van der Waals surface area contributed by atoms with Gasteiger partial charge < -0.3 is 5.11 Å². The number of rotatable bonds is 4. The van der Waals surface area contributed by atoms with Gasteiger partial charge >= 0.3 is 5.97 Å². The van der Waals surface area contributed by atoms with E-state index < -0.39 is 12.0 Å². The first kappa shape index (κ1) is 13.8. The van der Waals surface area contributed by atoms with Gasteiger partial charge in [-0.1, -0.05) is 24.3 Å². The summed E-state index contributed by atoms with van der Waals surface area (Å²) < 4.78 is 1.80. The Morgan fingerprint density at radius 2 is 2.14 bits per heavy atom. The van der Waals surface area contributed by atoms with Crippen LogP contribution in [0.1, 0.15) is 23.9 Å². The molecule has 0 unspecified atom stereocenters. The van der Waals surface area contributed by atoms with Crippen LogP contribution < -0.4 is 0 Å². The highest BCUT2D eigenvalue weighted by atomic mass is 16.4. The molecule has 110 valence electrons. The average Bonchev–Trinajstić information content (AvgIpc) is 2.93. The summed E-state index contributed by atoms with van der Waals surface area (Å²) in [6.07, 6.45) is 2.05. The van der Waals surface area contributed by atoms with E-state index in [-0.39, 0.29) is 0 Å². The lowest BCUT2D eigenvalue weighted by Gasteiger charge is -2.34. The molecule has 3 rings (SSSR count). The highest BCUT2D eigenvalue weighted by Gasteiger charge is 2.31. The Hall–Kier alpha value is -2.21. The van der Waals surface area contributed by atoms with Crippen LogP contribution in [-0.2, 0) is 30.8 Å². The molecule has 1 aliphatic heterocycles. The summed E-state index contributed by atoms with van der Waals surface area (Å²) in [7, 11) is 0. The van der Waals surface area contributed by atoms with Crippen molar-refractivity contribution in [1.29, 1.82) is 0 Å². The maximum atomic E-state index is 11.6. The van der Waals surface area contributed by atoms with Crippen LogP contribution in [0.3, 0.4) is 0 Å². The second-order valence-corrected chi connectivity index (χ2v) is 5.22. The van der Waals surface area contributed by atoms with Gasteiger partial charge in [0.25, 0.3) is 0 Å². The molecular formula is C15H18N4O2. The first-order valence-corrected chi connectivity index (χ1v) is 7.09. The first-order valence-electron chi connectivity index (χ1n) is 7.09. The fourth-order valence-corrected chi connectivity index (χ4v) is 2.84. The zero-order valence-corrected chi connectivity index (χ0v) is 11.9. The first-order chi connectivity index (χ1) is 10.2. The summed E-state index contributed by atoms with van der Waals surface area (Å²) in [4.78, 5) is 17.8. The van der Waals surface area contributed by atoms with Crippen LogP contribution in [0.5, 0.6) is 0 Å². The van der Waals surface area contributed by atoms with Crippen molar-refractivity contribution in [3.05, 3.63) is 47.5 Å². The number of nitrogens with zero attached hydrogens (tertiary/aromatic N) is 4. The maximum Gasteiger partial charge on any atom is 0.321 e. The molecule has 1 aromatic carbocycles. The summed E-state index contributed by atoms with van der Waals surface area (Å²) in [5.74, 6) is 0.0233. The van der Waals surface area contributed by atoms with E-state index in [9.17, 15) is 9.90 Å². The van der Waals surface area contributed by atoms with E-state index in [1.54, 1.807) is 4.68 Å². The number of benzene rings is 1. The number of aryl methyl sites for hydroxylation is 1. The lowest BCUT2D eigenvalue weighted by molar-refractivity contribution is -0.144. The topological polar surface area (TPSA) is 71.2 Å². The molecule has 0 bridgehead atoms. The molecular weight excluding hydrogens is 268 g/mol. The van der Waals surface area contributed by atoms with Gasteiger partial charge in [-0.3, -0.25) is 9.69 Å². The summed E-state index contributed by atoms with van der Waals surface area (Å²) in [5.41, 5.74) is 2.32. The van der Waals surface area contributed by atoms with E-state index in [1.165, 1.54) is 11.9 Å². The smallest absolute Gasteiger partial charge is 0.321 e. The number of aliphatic carboxylic acids is 1. The molecule has 0 amide bonds. The number of carboxylic acids is 1. The molecule has 0 spiro atoms. The lowest BCUT2D eigenvalue weighted by atomic mass is 9.94. The van der Waals surface area contributed by atoms with E-state index in [0.717, 1.165) is 17.9 Å². The Morgan fingerprint density at radius 3 is 2.86 bits per heavy atom. The standard InChI is InChI=1S/C15H18N4O2/c1-2-19-14(16-10-17-19)9-18-8-12-6-4-3-5-11(12)7-13(18)15(20)21/h3-6,10,13H,2,7-9H2,1H3,(H,20,21)/t13-/m0/s1. The molecule has 2 aromatic rings. The number of fused-ring (bicyclic) bond motifs is 1. The number of hydrogen-bond donors (Lipinski definition) is 1. The van der Waals surface area contributed by atoms with Crippen molar-refractivity contribution in [3.63, 3.8) is 0 Å². The Kier molecular flexibility index (Phi) is 3.70. The van der Waals surface area contributed by atoms with Crippen LogP contribution in [0, 0.1) is 0 Å². The third-order valence-corrected chi connectivity index (χ3v) is 3.97. The minimum Gasteiger partial charge on any atom is -0.480 e. The number of hydrogen-bond acceptors (Lipinski definition) is 4. The Balaban J connectivity index is 1.87. The van der Waals surface area contributed by atoms with Crippen LogP contribution in [0.2, 0.25) is 0 Å². The van der Waals surface area contributed by atoms with Gasteiger partial charge in [-0.2, -0.15) is 5.10 Å². The quantitative estimate of drug-likeness (QED) is 0.917. The van der Waals surface area contributed by atoms with Gasteiger partial charge in [-0.25, -0.2) is 9.67 Å². The Morgan fingerprint density at radius 1 is 1.38 bits per heavy atom. The molecule has 0 aliphatic carbocycles. The summed E-state index contributed by atoms with van der Waals surface area (Å²) >= 11 is 0. The molecule has 0 fully saturated rings. The van der Waals surface area contributed by atoms with Crippen LogP contribution in [0.4, 0.5) is 0 Å². The monoisotopic (exact) mass is 286 g/mol. The normalized spacial score (nSPS) is 18.4. The molecule has 21 heavy (non-hydrogen) atoms. The van der Waals surface area contributed by atoms with Gasteiger partial charge in [-0.15, -0.1) is 0 Å². The van der Waals surface area contributed by atoms with Crippen molar-refractivity contribution in [2.45, 2.75) is 39.0 Å². The predicted molar refractivity (Wildman–Crippen MR) is 76.5 cm³/mol. The highest BCUT2D eigenvalue weighted by Crippen LogP contribution is 2.24. The summed E-state index contributed by atoms with van der Waals surface area (Å²) in [6, 6.07) is 7.51. The average molecular weight is 286 g/mol. The highest BCUT2D eigenvalue weighted by molar-refractivity contribution is 5.74. The third-order valence-electron chi connectivity index (χ3n) is 3.97.